The van der Waals surface area contributed by atoms with Gasteiger partial charge in [-0.2, -0.15) is 10.5 Å². The second-order valence-corrected chi connectivity index (χ2v) is 21.3. The molecule has 3 saturated carbocycles. The highest BCUT2D eigenvalue weighted by Gasteiger charge is 2.39. The number of unbranched alkanes of at least 4 members (excludes halogenated alkanes) is 3. The third-order valence-electron chi connectivity index (χ3n) is 13.6. The number of nitrogens with zero attached hydrogens (tertiary/aromatic N) is 2. The van der Waals surface area contributed by atoms with Crippen LogP contribution in [0.25, 0.3) is 0 Å². The van der Waals surface area contributed by atoms with E-state index in [1.165, 1.54) is 55.6 Å². The van der Waals surface area contributed by atoms with Crippen molar-refractivity contribution in [1.29, 1.82) is 10.5 Å². The third-order valence-corrected chi connectivity index (χ3v) is 16.2. The van der Waals surface area contributed by atoms with E-state index in [2.05, 4.69) is 13.5 Å². The number of esters is 4. The van der Waals surface area contributed by atoms with Crippen LogP contribution in [0.1, 0.15) is 142 Å². The topological polar surface area (TPSA) is 162 Å². The van der Waals surface area contributed by atoms with Gasteiger partial charge in [-0.05, 0) is 143 Å². The lowest BCUT2D eigenvalue weighted by Crippen LogP contribution is -2.31. The smallest absolute Gasteiger partial charge is 0.330 e. The average molecular weight is 925 g/mol. The molecule has 0 N–H and O–H groups in total. The Kier molecular flexibility index (Phi) is 18.1. The lowest BCUT2D eigenvalue weighted by Gasteiger charge is -2.37. The molecule has 0 atom stereocenters. The Labute approximate surface area is 393 Å². The Bertz CT molecular complexity index is 2130. The minimum Gasteiger partial charge on any atom is -0.494 e. The largest absolute Gasteiger partial charge is 0.494 e. The van der Waals surface area contributed by atoms with Crippen LogP contribution >= 0.6 is 23.5 Å². The first kappa shape index (κ1) is 49.7. The van der Waals surface area contributed by atoms with Crippen molar-refractivity contribution in [1.82, 2.24) is 0 Å². The fourth-order valence-corrected chi connectivity index (χ4v) is 12.1. The van der Waals surface area contributed by atoms with Gasteiger partial charge in [-0.15, -0.1) is 0 Å². The van der Waals surface area contributed by atoms with Crippen LogP contribution in [-0.2, 0) is 29.3 Å². The molecule has 65 heavy (non-hydrogen) atoms. The molecule has 2 aromatic carbocycles. The van der Waals surface area contributed by atoms with E-state index < -0.39 is 23.3 Å². The second-order valence-electron chi connectivity index (χ2n) is 19.0. The van der Waals surface area contributed by atoms with Crippen LogP contribution in [0.15, 0.2) is 62.6 Å². The number of carbonyl (C=O) groups is 4. The number of thioether (sulfide) groups is 2. The van der Waals surface area contributed by atoms with Gasteiger partial charge in [0.15, 0.2) is 0 Å². The third kappa shape index (κ3) is 13.4. The van der Waals surface area contributed by atoms with Crippen LogP contribution in [0.2, 0.25) is 0 Å². The van der Waals surface area contributed by atoms with Gasteiger partial charge in [0.1, 0.15) is 40.7 Å². The summed E-state index contributed by atoms with van der Waals surface area (Å²) in [4.78, 5) is 53.3. The predicted octanol–water partition coefficient (Wildman–Crippen LogP) is 12.4. The first-order valence-electron chi connectivity index (χ1n) is 23.6. The summed E-state index contributed by atoms with van der Waals surface area (Å²) >= 11 is 2.39. The fraction of sp³-hybridized carbons (Fsp3) is 0.577. The quantitative estimate of drug-likeness (QED) is 0.0485. The number of ether oxygens (including phenoxy) is 5. The number of allylic oxidation sites excluding steroid dienone is 1. The molecule has 0 amide bonds. The van der Waals surface area contributed by atoms with Crippen LogP contribution in [0.5, 0.6) is 23.0 Å². The van der Waals surface area contributed by atoms with Crippen molar-refractivity contribution in [2.24, 2.45) is 35.5 Å². The molecule has 4 aliphatic rings. The van der Waals surface area contributed by atoms with Gasteiger partial charge in [0.05, 0.1) is 45.0 Å². The van der Waals surface area contributed by atoms with Crippen LogP contribution in [0.3, 0.4) is 0 Å². The maximum atomic E-state index is 14.0. The van der Waals surface area contributed by atoms with Gasteiger partial charge in [-0.25, -0.2) is 4.79 Å². The van der Waals surface area contributed by atoms with Crippen LogP contribution < -0.4 is 18.9 Å². The molecular formula is C52H64N2O9S2. The van der Waals surface area contributed by atoms with Gasteiger partial charge < -0.3 is 23.7 Å². The number of hydrogen-bond acceptors (Lipinski definition) is 13. The maximum absolute atomic E-state index is 14.0. The van der Waals surface area contributed by atoms with Crippen molar-refractivity contribution in [3.05, 3.63) is 58.4 Å². The van der Waals surface area contributed by atoms with E-state index in [0.717, 1.165) is 69.3 Å². The molecule has 348 valence electrons. The van der Waals surface area contributed by atoms with E-state index in [-0.39, 0.29) is 29.3 Å². The molecule has 0 unspecified atom stereocenters. The number of nitriles is 2. The van der Waals surface area contributed by atoms with Crippen LogP contribution in [0, 0.1) is 58.2 Å². The lowest BCUT2D eigenvalue weighted by atomic mass is 9.69. The molecule has 0 bridgehead atoms. The number of benzene rings is 2. The molecule has 2 aromatic rings. The summed E-state index contributed by atoms with van der Waals surface area (Å²) in [7, 11) is 0. The average Bonchev–Trinajstić information content (AvgIpc) is 3.77. The number of rotatable bonds is 17. The second kappa shape index (κ2) is 23.6. The minimum absolute atomic E-state index is 0.0609. The molecule has 3 fully saturated rings. The van der Waals surface area contributed by atoms with Crippen LogP contribution in [0.4, 0.5) is 0 Å². The Morgan fingerprint density at radius 2 is 1.20 bits per heavy atom. The van der Waals surface area contributed by atoms with E-state index in [4.69, 9.17) is 23.7 Å². The Morgan fingerprint density at radius 1 is 0.692 bits per heavy atom. The molecule has 1 aliphatic heterocycles. The molecule has 1 heterocycles. The zero-order valence-electron chi connectivity index (χ0n) is 38.5. The van der Waals surface area contributed by atoms with Gasteiger partial charge in [0.2, 0.25) is 0 Å². The summed E-state index contributed by atoms with van der Waals surface area (Å²) in [6.45, 7) is 12.6. The molecular weight excluding hydrogens is 861 g/mol. The SMILES string of the molecule is C=CC(=O)OCCCCCCOc1ccc(OC(=O)C2CCC(C(=O)Oc3c(C(C)(C)C)cc(OC(=O)C4CCC(C5CCC(CC)CC5)CC4)c4c3SC(=C(C#N)C#N)S4)CC2)cc1. The normalized spacial score (nSPS) is 22.9. The van der Waals surface area contributed by atoms with E-state index in [9.17, 15) is 29.7 Å². The Morgan fingerprint density at radius 3 is 1.75 bits per heavy atom. The van der Waals surface area contributed by atoms with Crippen molar-refractivity contribution in [3.63, 3.8) is 0 Å². The molecule has 6 rings (SSSR count). The highest BCUT2D eigenvalue weighted by molar-refractivity contribution is 8.24. The lowest BCUT2D eigenvalue weighted by molar-refractivity contribution is -0.145. The summed E-state index contributed by atoms with van der Waals surface area (Å²) in [6.07, 6.45) is 16.6. The Balaban J connectivity index is 1.04. The predicted molar refractivity (Wildman–Crippen MR) is 250 cm³/mol. The van der Waals surface area contributed by atoms with Crippen molar-refractivity contribution in [2.45, 2.75) is 152 Å². The van der Waals surface area contributed by atoms with E-state index >= 15 is 0 Å². The molecule has 0 saturated heterocycles. The summed E-state index contributed by atoms with van der Waals surface area (Å²) in [5, 5.41) is 19.6. The van der Waals surface area contributed by atoms with E-state index in [1.807, 2.05) is 32.9 Å². The molecule has 0 radical (unpaired) electrons. The number of carbonyl (C=O) groups excluding carboxylic acids is 4. The van der Waals surface area contributed by atoms with Gasteiger partial charge >= 0.3 is 23.9 Å². The first-order chi connectivity index (χ1) is 31.3. The van der Waals surface area contributed by atoms with Gasteiger partial charge in [0, 0.05) is 11.6 Å². The summed E-state index contributed by atoms with van der Waals surface area (Å²) in [5.41, 5.74) is 0.0790. The first-order valence-corrected chi connectivity index (χ1v) is 25.2. The van der Waals surface area contributed by atoms with Crippen LogP contribution in [-0.4, -0.2) is 37.1 Å². The van der Waals surface area contributed by atoms with E-state index in [0.29, 0.717) is 87.4 Å². The van der Waals surface area contributed by atoms with Gasteiger partial charge in [-0.1, -0.05) is 77.1 Å². The summed E-state index contributed by atoms with van der Waals surface area (Å²) in [5.74, 6) is 1.60. The minimum atomic E-state index is -0.539. The summed E-state index contributed by atoms with van der Waals surface area (Å²) < 4.78 is 29.6. The molecule has 0 aromatic heterocycles. The molecule has 11 nitrogen and oxygen atoms in total. The summed E-state index contributed by atoms with van der Waals surface area (Å²) in [6, 6.07) is 12.7. The highest BCUT2D eigenvalue weighted by atomic mass is 32.2. The van der Waals surface area contributed by atoms with Gasteiger partial charge in [-0.3, -0.25) is 14.4 Å². The molecule has 13 heteroatoms. The zero-order valence-corrected chi connectivity index (χ0v) is 40.1. The van der Waals surface area contributed by atoms with Gasteiger partial charge in [0.25, 0.3) is 0 Å². The molecule has 0 spiro atoms. The zero-order chi connectivity index (χ0) is 46.5. The molecule has 3 aliphatic carbocycles. The Hall–Kier alpha value is -4.72. The number of hydrogen-bond donors (Lipinski definition) is 0. The van der Waals surface area contributed by atoms with Crippen molar-refractivity contribution in [3.8, 4) is 35.1 Å². The van der Waals surface area contributed by atoms with Crippen molar-refractivity contribution in [2.75, 3.05) is 13.2 Å². The highest BCUT2D eigenvalue weighted by Crippen LogP contribution is 2.61. The standard InChI is InChI=1S/C52H64N2O9S2/c1-6-33-12-14-34(15-13-33)35-16-18-37(19-17-35)49(57)62-43-30-42(52(3,4)5)45(47-46(43)64-51(65-47)39(31-53)32-54)63-50(58)38-22-20-36(21-23-38)48(56)61-41-26-24-40(25-27-41)59-28-10-8-9-11-29-60-44(55)7-2/h7,24-27,30,33-38H,2,6,8-23,28-29H2,1,3-5H3. The fourth-order valence-electron chi connectivity index (χ4n) is 9.57. The van der Waals surface area contributed by atoms with E-state index in [1.54, 1.807) is 30.3 Å². The monoisotopic (exact) mass is 924 g/mol. The van der Waals surface area contributed by atoms with Crippen molar-refractivity contribution >= 4 is 47.4 Å². The van der Waals surface area contributed by atoms with Crippen molar-refractivity contribution < 1.29 is 42.9 Å². The maximum Gasteiger partial charge on any atom is 0.330 e. The number of fused-ring (bicyclic) bond motifs is 1.